The van der Waals surface area contributed by atoms with E-state index in [2.05, 4.69) is 20.8 Å². The van der Waals surface area contributed by atoms with Crippen LogP contribution in [0.4, 0.5) is 5.69 Å². The molecule has 120 valence electrons. The molecule has 2 N–H and O–H groups in total. The second kappa shape index (κ2) is 7.35. The third-order valence-electron chi connectivity index (χ3n) is 2.95. The molecule has 7 heteroatoms. The van der Waals surface area contributed by atoms with Gasteiger partial charge in [-0.05, 0) is 30.7 Å². The Labute approximate surface area is 133 Å². The van der Waals surface area contributed by atoms with E-state index in [0.29, 0.717) is 17.4 Å². The van der Waals surface area contributed by atoms with Crippen molar-refractivity contribution in [1.82, 2.24) is 15.5 Å². The Hall–Kier alpha value is -2.96. The maximum atomic E-state index is 11.9. The number of rotatable bonds is 5. The molecule has 1 unspecified atom stereocenters. The second-order valence-corrected chi connectivity index (χ2v) is 5.04. The Morgan fingerprint density at radius 3 is 2.52 bits per heavy atom. The Kier molecular flexibility index (Phi) is 5.24. The van der Waals surface area contributed by atoms with Crippen LogP contribution in [0, 0.1) is 6.92 Å². The van der Waals surface area contributed by atoms with Crippen LogP contribution in [0.2, 0.25) is 0 Å². The number of aryl methyl sites for hydroxylation is 1. The van der Waals surface area contributed by atoms with Gasteiger partial charge in [-0.2, -0.15) is 4.98 Å². The fourth-order valence-corrected chi connectivity index (χ4v) is 1.87. The van der Waals surface area contributed by atoms with E-state index in [1.54, 1.807) is 44.2 Å². The van der Waals surface area contributed by atoms with Crippen molar-refractivity contribution in [1.29, 1.82) is 0 Å². The molecule has 0 aliphatic rings. The minimum absolute atomic E-state index is 0.127. The lowest BCUT2D eigenvalue weighted by Gasteiger charge is -2.07. The number of carbonyl (C=O) groups excluding carboxylic acids is 2. The Morgan fingerprint density at radius 2 is 1.96 bits per heavy atom. The van der Waals surface area contributed by atoms with Crippen LogP contribution in [0.1, 0.15) is 37.2 Å². The maximum Gasteiger partial charge on any atom is 0.244 e. The summed E-state index contributed by atoms with van der Waals surface area (Å²) in [5.74, 6) is 0.504. The average molecular weight is 314 g/mol. The predicted octanol–water partition coefficient (Wildman–Crippen LogP) is 2.23. The molecular formula is C16H18N4O3. The molecule has 0 saturated carbocycles. The molecule has 0 aliphatic carbocycles. The van der Waals surface area contributed by atoms with E-state index < -0.39 is 0 Å². The third kappa shape index (κ3) is 5.06. The zero-order valence-corrected chi connectivity index (χ0v) is 13.2. The van der Waals surface area contributed by atoms with Crippen LogP contribution in [-0.2, 0) is 9.59 Å². The molecule has 1 heterocycles. The van der Waals surface area contributed by atoms with Crippen LogP contribution < -0.4 is 10.6 Å². The molecule has 0 fully saturated rings. The summed E-state index contributed by atoms with van der Waals surface area (Å²) in [6.07, 6.45) is 3.11. The highest BCUT2D eigenvalue weighted by atomic mass is 16.5. The third-order valence-corrected chi connectivity index (χ3v) is 2.95. The highest BCUT2D eigenvalue weighted by molar-refractivity contribution is 5.92. The number of nitrogens with zero attached hydrogens (tertiary/aromatic N) is 2. The van der Waals surface area contributed by atoms with Crippen molar-refractivity contribution in [3.8, 4) is 0 Å². The summed E-state index contributed by atoms with van der Waals surface area (Å²) in [7, 11) is 0. The summed E-state index contributed by atoms with van der Waals surface area (Å²) in [4.78, 5) is 26.9. The van der Waals surface area contributed by atoms with Crippen molar-refractivity contribution < 1.29 is 14.1 Å². The van der Waals surface area contributed by atoms with E-state index in [9.17, 15) is 9.59 Å². The van der Waals surface area contributed by atoms with Crippen molar-refractivity contribution in [3.63, 3.8) is 0 Å². The van der Waals surface area contributed by atoms with Gasteiger partial charge >= 0.3 is 0 Å². The highest BCUT2D eigenvalue weighted by Crippen LogP contribution is 2.11. The summed E-state index contributed by atoms with van der Waals surface area (Å²) < 4.78 is 4.87. The smallest absolute Gasteiger partial charge is 0.244 e. The van der Waals surface area contributed by atoms with Crippen LogP contribution in [0.15, 0.2) is 34.9 Å². The first-order valence-corrected chi connectivity index (χ1v) is 7.10. The van der Waals surface area contributed by atoms with Gasteiger partial charge in [-0.25, -0.2) is 0 Å². The topological polar surface area (TPSA) is 97.1 Å². The molecule has 0 saturated heterocycles. The van der Waals surface area contributed by atoms with Gasteiger partial charge < -0.3 is 15.2 Å². The number of amides is 2. The number of benzene rings is 1. The second-order valence-electron chi connectivity index (χ2n) is 5.04. The molecule has 0 bridgehead atoms. The van der Waals surface area contributed by atoms with Gasteiger partial charge in [0.25, 0.3) is 0 Å². The normalized spacial score (nSPS) is 12.1. The van der Waals surface area contributed by atoms with Crippen LogP contribution in [-0.4, -0.2) is 22.0 Å². The SMILES string of the molecule is CC(=O)Nc1ccc(C=CC(=O)NC(C)c2noc(C)n2)cc1. The largest absolute Gasteiger partial charge is 0.343 e. The predicted molar refractivity (Wildman–Crippen MR) is 85.4 cm³/mol. The summed E-state index contributed by atoms with van der Waals surface area (Å²) in [5.41, 5.74) is 1.55. The molecule has 2 aromatic rings. The van der Waals surface area contributed by atoms with E-state index in [0.717, 1.165) is 5.56 Å². The molecule has 1 aromatic heterocycles. The lowest BCUT2D eigenvalue weighted by atomic mass is 10.2. The molecular weight excluding hydrogens is 296 g/mol. The van der Waals surface area contributed by atoms with Crippen LogP contribution in [0.3, 0.4) is 0 Å². The quantitative estimate of drug-likeness (QED) is 0.825. The van der Waals surface area contributed by atoms with Crippen molar-refractivity contribution >= 4 is 23.6 Å². The van der Waals surface area contributed by atoms with Gasteiger partial charge in [0.1, 0.15) is 0 Å². The molecule has 0 radical (unpaired) electrons. The van der Waals surface area contributed by atoms with Gasteiger partial charge in [0.15, 0.2) is 5.82 Å². The first-order valence-electron chi connectivity index (χ1n) is 7.10. The lowest BCUT2D eigenvalue weighted by molar-refractivity contribution is -0.117. The monoisotopic (exact) mass is 314 g/mol. The van der Waals surface area contributed by atoms with Crippen molar-refractivity contribution in [2.24, 2.45) is 0 Å². The highest BCUT2D eigenvalue weighted by Gasteiger charge is 2.13. The molecule has 2 amide bonds. The molecule has 23 heavy (non-hydrogen) atoms. The van der Waals surface area contributed by atoms with Crippen molar-refractivity contribution in [3.05, 3.63) is 47.6 Å². The zero-order chi connectivity index (χ0) is 16.8. The standard InChI is InChI=1S/C16H18N4O3/c1-10(16-19-12(3)23-20-16)17-15(22)9-6-13-4-7-14(8-5-13)18-11(2)21/h4-10H,1-3H3,(H,17,22)(H,18,21). The Bertz CT molecular complexity index is 719. The summed E-state index contributed by atoms with van der Waals surface area (Å²) in [6.45, 7) is 4.92. The van der Waals surface area contributed by atoms with Gasteiger partial charge in [-0.3, -0.25) is 9.59 Å². The number of nitrogens with one attached hydrogen (secondary N) is 2. The van der Waals surface area contributed by atoms with E-state index in [4.69, 9.17) is 4.52 Å². The fourth-order valence-electron chi connectivity index (χ4n) is 1.87. The van der Waals surface area contributed by atoms with Gasteiger partial charge in [0.05, 0.1) is 6.04 Å². The molecule has 0 aliphatic heterocycles. The van der Waals surface area contributed by atoms with E-state index in [1.807, 2.05) is 0 Å². The van der Waals surface area contributed by atoms with Crippen LogP contribution in [0.5, 0.6) is 0 Å². The molecule has 1 atom stereocenters. The summed E-state index contributed by atoms with van der Waals surface area (Å²) in [5, 5.41) is 9.19. The van der Waals surface area contributed by atoms with Crippen LogP contribution in [0.25, 0.3) is 6.08 Å². The van der Waals surface area contributed by atoms with E-state index >= 15 is 0 Å². The van der Waals surface area contributed by atoms with Gasteiger partial charge in [0, 0.05) is 25.6 Å². The van der Waals surface area contributed by atoms with E-state index in [-0.39, 0.29) is 17.9 Å². The van der Waals surface area contributed by atoms with E-state index in [1.165, 1.54) is 13.0 Å². The molecule has 0 spiro atoms. The summed E-state index contributed by atoms with van der Waals surface area (Å²) in [6, 6.07) is 6.81. The van der Waals surface area contributed by atoms with Crippen molar-refractivity contribution in [2.45, 2.75) is 26.8 Å². The van der Waals surface area contributed by atoms with Crippen molar-refractivity contribution in [2.75, 3.05) is 5.32 Å². The molecule has 7 nitrogen and oxygen atoms in total. The number of aromatic nitrogens is 2. The number of carbonyl (C=O) groups is 2. The average Bonchev–Trinajstić information content (AvgIpc) is 2.93. The molecule has 2 rings (SSSR count). The first kappa shape index (κ1) is 16.4. The minimum Gasteiger partial charge on any atom is -0.343 e. The lowest BCUT2D eigenvalue weighted by Crippen LogP contribution is -2.25. The number of hydrogen-bond donors (Lipinski definition) is 2. The first-order chi connectivity index (χ1) is 10.9. The maximum absolute atomic E-state index is 11.9. The zero-order valence-electron chi connectivity index (χ0n) is 13.2. The Morgan fingerprint density at radius 1 is 1.26 bits per heavy atom. The van der Waals surface area contributed by atoms with Gasteiger partial charge in [0.2, 0.25) is 17.7 Å². The van der Waals surface area contributed by atoms with Crippen LogP contribution >= 0.6 is 0 Å². The summed E-state index contributed by atoms with van der Waals surface area (Å²) >= 11 is 0. The van der Waals surface area contributed by atoms with Gasteiger partial charge in [-0.1, -0.05) is 17.3 Å². The Balaban J connectivity index is 1.91. The number of hydrogen-bond acceptors (Lipinski definition) is 5. The molecule has 1 aromatic carbocycles. The van der Waals surface area contributed by atoms with Gasteiger partial charge in [-0.15, -0.1) is 0 Å². The fraction of sp³-hybridized carbons (Fsp3) is 0.250. The number of anilines is 1. The minimum atomic E-state index is -0.341.